The predicted molar refractivity (Wildman–Crippen MR) is 99.4 cm³/mol. The minimum absolute atomic E-state index is 0.0222. The molecule has 1 aromatic rings. The number of carbonyl (C=O) groups excluding carboxylic acids is 1. The minimum atomic E-state index is -0.594. The zero-order valence-corrected chi connectivity index (χ0v) is 15.9. The first-order valence-electron chi connectivity index (χ1n) is 10.2. The van der Waals surface area contributed by atoms with E-state index < -0.39 is 11.8 Å². The van der Waals surface area contributed by atoms with Gasteiger partial charge < -0.3 is 9.72 Å². The molecule has 0 amide bonds. The summed E-state index contributed by atoms with van der Waals surface area (Å²) in [6.07, 6.45) is 15.5. The van der Waals surface area contributed by atoms with Crippen LogP contribution in [0.5, 0.6) is 0 Å². The van der Waals surface area contributed by atoms with Gasteiger partial charge in [0.05, 0.1) is 6.61 Å². The van der Waals surface area contributed by atoms with Gasteiger partial charge in [-0.3, -0.25) is 0 Å². The molecule has 0 saturated heterocycles. The molecule has 0 aliphatic heterocycles. The maximum atomic E-state index is 14.5. The van der Waals surface area contributed by atoms with E-state index >= 15 is 0 Å². The van der Waals surface area contributed by atoms with Crippen LogP contribution in [0.15, 0.2) is 6.20 Å². The van der Waals surface area contributed by atoms with Crippen LogP contribution in [-0.4, -0.2) is 17.6 Å². The number of nitrogens with one attached hydrogen (secondary N) is 1. The summed E-state index contributed by atoms with van der Waals surface area (Å²) in [5.41, 5.74) is 0.645. The summed E-state index contributed by atoms with van der Waals surface area (Å²) in [5.74, 6) is 0.0371. The molecule has 1 saturated carbocycles. The van der Waals surface area contributed by atoms with Gasteiger partial charge in [0, 0.05) is 11.8 Å². The molecule has 1 fully saturated rings. The monoisotopic (exact) mass is 351 g/mol. The van der Waals surface area contributed by atoms with E-state index in [1.807, 2.05) is 0 Å². The van der Waals surface area contributed by atoms with Crippen LogP contribution in [0, 0.1) is 11.7 Å². The van der Waals surface area contributed by atoms with Gasteiger partial charge in [-0.15, -0.1) is 0 Å². The van der Waals surface area contributed by atoms with Crippen molar-refractivity contribution in [1.82, 2.24) is 4.98 Å². The summed E-state index contributed by atoms with van der Waals surface area (Å²) in [4.78, 5) is 14.5. The third-order valence-corrected chi connectivity index (χ3v) is 5.58. The van der Waals surface area contributed by atoms with Crippen LogP contribution in [0.3, 0.4) is 0 Å². The van der Waals surface area contributed by atoms with E-state index in [1.165, 1.54) is 57.8 Å². The highest BCUT2D eigenvalue weighted by atomic mass is 19.1. The van der Waals surface area contributed by atoms with Crippen molar-refractivity contribution in [1.29, 1.82) is 0 Å². The molecular formula is C21H34FNO2. The van der Waals surface area contributed by atoms with Gasteiger partial charge in [-0.25, -0.2) is 9.18 Å². The highest BCUT2D eigenvalue weighted by Gasteiger charge is 2.28. The highest BCUT2D eigenvalue weighted by Crippen LogP contribution is 2.39. The average Bonchev–Trinajstić information content (AvgIpc) is 3.00. The second-order valence-electron chi connectivity index (χ2n) is 7.43. The summed E-state index contributed by atoms with van der Waals surface area (Å²) in [5, 5.41) is 0. The summed E-state index contributed by atoms with van der Waals surface area (Å²) in [6, 6.07) is 0. The first-order valence-corrected chi connectivity index (χ1v) is 10.2. The fourth-order valence-electron chi connectivity index (χ4n) is 4.05. The van der Waals surface area contributed by atoms with Crippen LogP contribution in [0.4, 0.5) is 4.39 Å². The number of hydrogen-bond donors (Lipinski definition) is 1. The maximum Gasteiger partial charge on any atom is 0.357 e. The van der Waals surface area contributed by atoms with Crippen molar-refractivity contribution in [3.8, 4) is 0 Å². The van der Waals surface area contributed by atoms with Gasteiger partial charge >= 0.3 is 5.97 Å². The molecule has 3 nitrogen and oxygen atoms in total. The Bertz CT molecular complexity index is 518. The van der Waals surface area contributed by atoms with E-state index in [9.17, 15) is 9.18 Å². The van der Waals surface area contributed by atoms with Crippen molar-refractivity contribution in [3.05, 3.63) is 23.3 Å². The number of carbonyl (C=O) groups is 1. The molecular weight excluding hydrogens is 317 g/mol. The Hall–Kier alpha value is -1.32. The molecule has 4 heteroatoms. The van der Waals surface area contributed by atoms with Crippen LogP contribution in [0.25, 0.3) is 0 Å². The Morgan fingerprint density at radius 1 is 1.12 bits per heavy atom. The van der Waals surface area contributed by atoms with Gasteiger partial charge in [0.15, 0.2) is 11.5 Å². The Labute approximate surface area is 151 Å². The lowest BCUT2D eigenvalue weighted by Gasteiger charge is -2.28. The van der Waals surface area contributed by atoms with Gasteiger partial charge in [0.2, 0.25) is 0 Å². The molecule has 0 aromatic carbocycles. The fourth-order valence-corrected chi connectivity index (χ4v) is 4.05. The number of esters is 1. The Morgan fingerprint density at radius 3 is 2.48 bits per heavy atom. The van der Waals surface area contributed by atoms with E-state index in [1.54, 1.807) is 13.1 Å². The number of hydrogen-bond acceptors (Lipinski definition) is 2. The molecule has 1 aromatic heterocycles. The SMILES string of the molecule is CCCCCCCCC1CCC(c2c[nH]c(C(=O)OCC)c2F)CC1. The molecule has 0 radical (unpaired) electrons. The number of halogens is 1. The maximum absolute atomic E-state index is 14.5. The molecule has 1 aliphatic carbocycles. The third kappa shape index (κ3) is 5.86. The lowest BCUT2D eigenvalue weighted by Crippen LogP contribution is -2.14. The number of aromatic nitrogens is 1. The molecule has 0 unspecified atom stereocenters. The summed E-state index contributed by atoms with van der Waals surface area (Å²) >= 11 is 0. The summed E-state index contributed by atoms with van der Waals surface area (Å²) in [7, 11) is 0. The van der Waals surface area contributed by atoms with Crippen LogP contribution in [0.1, 0.15) is 106 Å². The standard InChI is InChI=1S/C21H34FNO2/c1-3-5-6-7-8-9-10-16-11-13-17(14-12-16)18-15-23-20(19(18)22)21(24)25-4-2/h15-17,23H,3-14H2,1-2H3. The van der Waals surface area contributed by atoms with Crippen molar-refractivity contribution in [2.45, 2.75) is 90.4 Å². The van der Waals surface area contributed by atoms with Crippen molar-refractivity contribution in [3.63, 3.8) is 0 Å². The number of ether oxygens (including phenoxy) is 1. The molecule has 1 N–H and O–H groups in total. The number of rotatable bonds is 10. The summed E-state index contributed by atoms with van der Waals surface area (Å²) in [6.45, 7) is 4.24. The van der Waals surface area contributed by atoms with Gasteiger partial charge in [0.25, 0.3) is 0 Å². The quantitative estimate of drug-likeness (QED) is 0.394. The van der Waals surface area contributed by atoms with Gasteiger partial charge in [-0.05, 0) is 44.4 Å². The fraction of sp³-hybridized carbons (Fsp3) is 0.762. The Balaban J connectivity index is 1.74. The lowest BCUT2D eigenvalue weighted by molar-refractivity contribution is 0.0514. The number of H-pyrrole nitrogens is 1. The van der Waals surface area contributed by atoms with Crippen molar-refractivity contribution in [2.75, 3.05) is 6.61 Å². The van der Waals surface area contributed by atoms with Gasteiger partial charge in [-0.2, -0.15) is 0 Å². The lowest BCUT2D eigenvalue weighted by atomic mass is 9.77. The smallest absolute Gasteiger partial charge is 0.357 e. The number of aromatic amines is 1. The second kappa shape index (κ2) is 10.6. The zero-order valence-electron chi connectivity index (χ0n) is 15.9. The van der Waals surface area contributed by atoms with Gasteiger partial charge in [0.1, 0.15) is 0 Å². The minimum Gasteiger partial charge on any atom is -0.461 e. The predicted octanol–water partition coefficient (Wildman–Crippen LogP) is 6.35. The van der Waals surface area contributed by atoms with Crippen molar-refractivity contribution >= 4 is 5.97 Å². The van der Waals surface area contributed by atoms with E-state index in [0.717, 1.165) is 18.8 Å². The van der Waals surface area contributed by atoms with Crippen molar-refractivity contribution in [2.24, 2.45) is 5.92 Å². The van der Waals surface area contributed by atoms with Crippen LogP contribution < -0.4 is 0 Å². The average molecular weight is 352 g/mol. The molecule has 1 aliphatic rings. The Morgan fingerprint density at radius 2 is 1.80 bits per heavy atom. The topological polar surface area (TPSA) is 42.1 Å². The Kier molecular flexibility index (Phi) is 8.50. The zero-order chi connectivity index (χ0) is 18.1. The van der Waals surface area contributed by atoms with Crippen molar-refractivity contribution < 1.29 is 13.9 Å². The number of unbranched alkanes of at least 4 members (excludes halogenated alkanes) is 5. The van der Waals surface area contributed by atoms with E-state index in [0.29, 0.717) is 5.56 Å². The first-order chi connectivity index (χ1) is 12.2. The second-order valence-corrected chi connectivity index (χ2v) is 7.43. The summed E-state index contributed by atoms with van der Waals surface area (Å²) < 4.78 is 19.4. The molecule has 0 spiro atoms. The molecule has 1 heterocycles. The van der Waals surface area contributed by atoms with E-state index in [4.69, 9.17) is 4.74 Å². The largest absolute Gasteiger partial charge is 0.461 e. The van der Waals surface area contributed by atoms with Crippen LogP contribution in [-0.2, 0) is 4.74 Å². The van der Waals surface area contributed by atoms with E-state index in [2.05, 4.69) is 11.9 Å². The van der Waals surface area contributed by atoms with Gasteiger partial charge in [-0.1, -0.05) is 51.9 Å². The molecule has 142 valence electrons. The van der Waals surface area contributed by atoms with E-state index in [-0.39, 0.29) is 18.2 Å². The third-order valence-electron chi connectivity index (χ3n) is 5.58. The molecule has 0 bridgehead atoms. The normalized spacial score (nSPS) is 20.6. The van der Waals surface area contributed by atoms with Crippen LogP contribution >= 0.6 is 0 Å². The molecule has 25 heavy (non-hydrogen) atoms. The molecule has 0 atom stereocenters. The first kappa shape index (κ1) is 20.0. The highest BCUT2D eigenvalue weighted by molar-refractivity contribution is 5.88. The van der Waals surface area contributed by atoms with Crippen LogP contribution in [0.2, 0.25) is 0 Å². The molecule has 2 rings (SSSR count).